The zero-order valence-electron chi connectivity index (χ0n) is 19.3. The Kier molecular flexibility index (Phi) is 6.49. The molecule has 1 atom stereocenters. The number of hydrogen-bond donors (Lipinski definition) is 2. The van der Waals surface area contributed by atoms with Crippen molar-refractivity contribution in [2.24, 2.45) is 0 Å². The maximum atomic E-state index is 13.9. The Labute approximate surface area is 208 Å². The number of amides is 1. The fraction of sp³-hybridized carbons (Fsp3) is 0.0667. The highest BCUT2D eigenvalue weighted by Gasteiger charge is 2.27. The molecule has 0 aliphatic heterocycles. The van der Waals surface area contributed by atoms with E-state index in [-0.39, 0.29) is 0 Å². The van der Waals surface area contributed by atoms with Gasteiger partial charge in [-0.1, -0.05) is 84.9 Å². The summed E-state index contributed by atoms with van der Waals surface area (Å²) in [5, 5.41) is 13.3. The van der Waals surface area contributed by atoms with E-state index in [1.54, 1.807) is 36.5 Å². The molecule has 0 spiro atoms. The minimum atomic E-state index is -1.20. The predicted molar refractivity (Wildman–Crippen MR) is 139 cm³/mol. The van der Waals surface area contributed by atoms with E-state index in [0.717, 1.165) is 11.3 Å². The molecule has 176 valence electrons. The molecule has 5 aromatic rings. The first-order valence-corrected chi connectivity index (χ1v) is 11.6. The molecule has 0 fully saturated rings. The molecule has 1 unspecified atom stereocenters. The van der Waals surface area contributed by atoms with Gasteiger partial charge in [-0.15, -0.1) is 0 Å². The van der Waals surface area contributed by atoms with Crippen LogP contribution in [-0.2, 0) is 11.2 Å². The highest BCUT2D eigenvalue weighted by atomic mass is 16.4. The number of aliphatic carboxylic acids is 1. The molecule has 0 radical (unpaired) electrons. The molecule has 2 aromatic heterocycles. The molecular formula is C30H23N3O3. The summed E-state index contributed by atoms with van der Waals surface area (Å²) < 4.78 is 0. The zero-order chi connectivity index (χ0) is 24.9. The van der Waals surface area contributed by atoms with Crippen LogP contribution >= 0.6 is 0 Å². The SMILES string of the molecule is O=C(NC(C(=O)O)c1ccccc1)c1c(Cc2ccccn2)c(-c2ccccc2)nc2ccccc12. The second-order valence-corrected chi connectivity index (χ2v) is 8.35. The fourth-order valence-corrected chi connectivity index (χ4v) is 4.34. The third-order valence-electron chi connectivity index (χ3n) is 6.01. The van der Waals surface area contributed by atoms with Crippen molar-refractivity contribution in [2.45, 2.75) is 12.5 Å². The highest BCUT2D eigenvalue weighted by Crippen LogP contribution is 2.32. The Hall–Kier alpha value is -4.84. The van der Waals surface area contributed by atoms with E-state index in [4.69, 9.17) is 4.98 Å². The van der Waals surface area contributed by atoms with Gasteiger partial charge in [0.1, 0.15) is 0 Å². The number of aromatic nitrogens is 2. The highest BCUT2D eigenvalue weighted by molar-refractivity contribution is 6.10. The molecule has 0 saturated carbocycles. The van der Waals surface area contributed by atoms with Gasteiger partial charge in [-0.25, -0.2) is 9.78 Å². The summed E-state index contributed by atoms with van der Waals surface area (Å²) in [7, 11) is 0. The minimum Gasteiger partial charge on any atom is -0.479 e. The average Bonchev–Trinajstić information content (AvgIpc) is 2.92. The van der Waals surface area contributed by atoms with Gasteiger partial charge < -0.3 is 10.4 Å². The van der Waals surface area contributed by atoms with Gasteiger partial charge >= 0.3 is 5.97 Å². The van der Waals surface area contributed by atoms with E-state index < -0.39 is 17.9 Å². The van der Waals surface area contributed by atoms with Gasteiger partial charge in [-0.3, -0.25) is 9.78 Å². The van der Waals surface area contributed by atoms with Crippen molar-refractivity contribution in [3.63, 3.8) is 0 Å². The van der Waals surface area contributed by atoms with Crippen molar-refractivity contribution in [1.82, 2.24) is 15.3 Å². The number of carbonyl (C=O) groups is 2. The van der Waals surface area contributed by atoms with Crippen LogP contribution in [0.4, 0.5) is 0 Å². The Bertz CT molecular complexity index is 1520. The van der Waals surface area contributed by atoms with Crippen LogP contribution in [0, 0.1) is 0 Å². The number of nitrogens with one attached hydrogen (secondary N) is 1. The van der Waals surface area contributed by atoms with E-state index in [2.05, 4.69) is 10.3 Å². The monoisotopic (exact) mass is 473 g/mol. The molecule has 3 aromatic carbocycles. The number of benzene rings is 3. The summed E-state index contributed by atoms with van der Waals surface area (Å²) in [5.41, 5.74) is 4.53. The Balaban J connectivity index is 1.71. The second-order valence-electron chi connectivity index (χ2n) is 8.35. The number of rotatable bonds is 7. The summed E-state index contributed by atoms with van der Waals surface area (Å²) in [6.07, 6.45) is 2.07. The van der Waals surface area contributed by atoms with E-state index in [1.807, 2.05) is 72.8 Å². The molecule has 36 heavy (non-hydrogen) atoms. The molecule has 0 saturated heterocycles. The fourth-order valence-electron chi connectivity index (χ4n) is 4.34. The summed E-state index contributed by atoms with van der Waals surface area (Å²) >= 11 is 0. The third kappa shape index (κ3) is 4.70. The third-order valence-corrected chi connectivity index (χ3v) is 6.01. The number of fused-ring (bicyclic) bond motifs is 1. The van der Waals surface area contributed by atoms with Crippen LogP contribution in [0.2, 0.25) is 0 Å². The number of pyridine rings is 2. The van der Waals surface area contributed by atoms with Gasteiger partial charge in [0, 0.05) is 29.3 Å². The van der Waals surface area contributed by atoms with Gasteiger partial charge in [0.2, 0.25) is 0 Å². The number of carboxylic acids is 1. The molecule has 2 heterocycles. The molecule has 0 aliphatic carbocycles. The van der Waals surface area contributed by atoms with E-state index >= 15 is 0 Å². The van der Waals surface area contributed by atoms with Gasteiger partial charge in [0.25, 0.3) is 5.91 Å². The number of para-hydroxylation sites is 1. The summed E-state index contributed by atoms with van der Waals surface area (Å²) in [6.45, 7) is 0. The zero-order valence-corrected chi connectivity index (χ0v) is 19.3. The molecule has 6 heteroatoms. The van der Waals surface area contributed by atoms with Crippen molar-refractivity contribution >= 4 is 22.8 Å². The van der Waals surface area contributed by atoms with Gasteiger partial charge in [0.05, 0.1) is 16.8 Å². The smallest absolute Gasteiger partial charge is 0.330 e. The molecule has 2 N–H and O–H groups in total. The predicted octanol–water partition coefficient (Wildman–Crippen LogP) is 5.44. The molecule has 1 amide bonds. The topological polar surface area (TPSA) is 92.2 Å². The van der Waals surface area contributed by atoms with Crippen LogP contribution in [0.3, 0.4) is 0 Å². The van der Waals surface area contributed by atoms with Gasteiger partial charge in [0.15, 0.2) is 6.04 Å². The maximum Gasteiger partial charge on any atom is 0.330 e. The number of nitrogens with zero attached hydrogens (tertiary/aromatic N) is 2. The normalized spacial score (nSPS) is 11.7. The van der Waals surface area contributed by atoms with Crippen LogP contribution in [0.5, 0.6) is 0 Å². The molecule has 5 rings (SSSR count). The van der Waals surface area contributed by atoms with Crippen molar-refractivity contribution < 1.29 is 14.7 Å². The van der Waals surface area contributed by atoms with Crippen LogP contribution in [0.15, 0.2) is 109 Å². The Morgan fingerprint density at radius 3 is 2.17 bits per heavy atom. The number of carboxylic acid groups (broad SMARTS) is 1. The van der Waals surface area contributed by atoms with Crippen molar-refractivity contribution in [3.05, 3.63) is 132 Å². The first kappa shape index (κ1) is 22.9. The number of carbonyl (C=O) groups excluding carboxylic acids is 1. The lowest BCUT2D eigenvalue weighted by molar-refractivity contribution is -0.139. The van der Waals surface area contributed by atoms with Gasteiger partial charge in [-0.2, -0.15) is 0 Å². The van der Waals surface area contributed by atoms with Crippen LogP contribution < -0.4 is 5.32 Å². The minimum absolute atomic E-state index is 0.356. The average molecular weight is 474 g/mol. The van der Waals surface area contributed by atoms with Crippen LogP contribution in [0.1, 0.15) is 33.2 Å². The summed E-state index contributed by atoms with van der Waals surface area (Å²) in [5.74, 6) is -1.62. The van der Waals surface area contributed by atoms with Crippen LogP contribution in [0.25, 0.3) is 22.2 Å². The lowest BCUT2D eigenvalue weighted by Gasteiger charge is -2.20. The standard InChI is InChI=1S/C30H23N3O3/c34-29(33-28(30(35)36)21-13-5-2-6-14-21)26-23-16-7-8-17-25(23)32-27(20-11-3-1-4-12-20)24(26)19-22-15-9-10-18-31-22/h1-18,28H,19H2,(H,33,34)(H,35,36). The lowest BCUT2D eigenvalue weighted by Crippen LogP contribution is -2.34. The van der Waals surface area contributed by atoms with E-state index in [0.29, 0.717) is 39.7 Å². The maximum absolute atomic E-state index is 13.9. The van der Waals surface area contributed by atoms with Crippen molar-refractivity contribution in [1.29, 1.82) is 0 Å². The first-order chi connectivity index (χ1) is 17.6. The molecule has 0 bridgehead atoms. The van der Waals surface area contributed by atoms with Gasteiger partial charge in [-0.05, 0) is 29.3 Å². The quantitative estimate of drug-likeness (QED) is 0.328. The molecule has 6 nitrogen and oxygen atoms in total. The van der Waals surface area contributed by atoms with E-state index in [9.17, 15) is 14.7 Å². The summed E-state index contributed by atoms with van der Waals surface area (Å²) in [6, 6.07) is 30.2. The van der Waals surface area contributed by atoms with Crippen molar-refractivity contribution in [3.8, 4) is 11.3 Å². The Morgan fingerprint density at radius 2 is 1.47 bits per heavy atom. The first-order valence-electron chi connectivity index (χ1n) is 11.6. The van der Waals surface area contributed by atoms with Crippen LogP contribution in [-0.4, -0.2) is 27.0 Å². The second kappa shape index (κ2) is 10.2. The lowest BCUT2D eigenvalue weighted by atomic mass is 9.92. The largest absolute Gasteiger partial charge is 0.479 e. The molecule has 0 aliphatic rings. The van der Waals surface area contributed by atoms with E-state index in [1.165, 1.54) is 0 Å². The number of hydrogen-bond acceptors (Lipinski definition) is 4. The Morgan fingerprint density at radius 1 is 0.806 bits per heavy atom. The van der Waals surface area contributed by atoms with Crippen molar-refractivity contribution in [2.75, 3.05) is 0 Å². The molecular weight excluding hydrogens is 450 g/mol. The summed E-state index contributed by atoms with van der Waals surface area (Å²) in [4.78, 5) is 35.5.